The quantitative estimate of drug-likeness (QED) is 0.899. The Labute approximate surface area is 113 Å². The molecule has 0 radical (unpaired) electrons. The molecule has 1 heterocycles. The normalized spacial score (nSPS) is 23.5. The minimum absolute atomic E-state index is 0.134. The zero-order valence-electron chi connectivity index (χ0n) is 11.1. The van der Waals surface area contributed by atoms with E-state index >= 15 is 0 Å². The third kappa shape index (κ3) is 2.57. The van der Waals surface area contributed by atoms with Crippen molar-refractivity contribution in [3.05, 3.63) is 42.0 Å². The molecular formula is C16H19NO2. The van der Waals surface area contributed by atoms with E-state index in [1.807, 2.05) is 12.1 Å². The van der Waals surface area contributed by atoms with Crippen molar-refractivity contribution in [2.75, 3.05) is 13.7 Å². The molecule has 3 rings (SSSR count). The molecule has 3 heteroatoms. The number of hydrogen-bond donors (Lipinski definition) is 1. The molecule has 2 aromatic rings. The van der Waals surface area contributed by atoms with Gasteiger partial charge in [-0.3, -0.25) is 0 Å². The van der Waals surface area contributed by atoms with Crippen LogP contribution in [0.25, 0.3) is 10.8 Å². The molecule has 0 bridgehead atoms. The highest BCUT2D eigenvalue weighted by atomic mass is 16.5. The molecule has 0 saturated carbocycles. The van der Waals surface area contributed by atoms with E-state index < -0.39 is 0 Å². The van der Waals surface area contributed by atoms with Gasteiger partial charge in [-0.15, -0.1) is 0 Å². The van der Waals surface area contributed by atoms with Gasteiger partial charge >= 0.3 is 0 Å². The summed E-state index contributed by atoms with van der Waals surface area (Å²) in [7, 11) is 1.69. The van der Waals surface area contributed by atoms with Crippen molar-refractivity contribution in [3.8, 4) is 5.75 Å². The van der Waals surface area contributed by atoms with Crippen LogP contribution in [0.15, 0.2) is 36.4 Å². The van der Waals surface area contributed by atoms with Crippen LogP contribution in [0.3, 0.4) is 0 Å². The Bertz CT molecular complexity index is 582. The third-order valence-corrected chi connectivity index (χ3v) is 3.77. The largest absolute Gasteiger partial charge is 0.497 e. The molecular weight excluding hydrogens is 238 g/mol. The predicted octanol–water partition coefficient (Wildman–Crippen LogP) is 3.03. The fourth-order valence-corrected chi connectivity index (χ4v) is 2.62. The number of nitrogens with two attached hydrogens (primary N) is 1. The molecule has 2 atom stereocenters. The molecule has 19 heavy (non-hydrogen) atoms. The van der Waals surface area contributed by atoms with Crippen molar-refractivity contribution in [2.24, 2.45) is 5.73 Å². The number of hydrogen-bond acceptors (Lipinski definition) is 3. The van der Waals surface area contributed by atoms with Crippen LogP contribution in [-0.4, -0.2) is 19.8 Å². The van der Waals surface area contributed by atoms with Gasteiger partial charge in [-0.25, -0.2) is 0 Å². The van der Waals surface area contributed by atoms with Gasteiger partial charge in [-0.2, -0.15) is 0 Å². The highest BCUT2D eigenvalue weighted by Crippen LogP contribution is 2.30. The first kappa shape index (κ1) is 12.5. The Kier molecular flexibility index (Phi) is 3.40. The van der Waals surface area contributed by atoms with Crippen molar-refractivity contribution >= 4 is 10.8 Å². The second kappa shape index (κ2) is 5.19. The summed E-state index contributed by atoms with van der Waals surface area (Å²) >= 11 is 0. The number of ether oxygens (including phenoxy) is 2. The Balaban J connectivity index is 1.93. The molecule has 2 unspecified atom stereocenters. The monoisotopic (exact) mass is 257 g/mol. The standard InChI is InChI=1S/C16H19NO2/c1-18-15-5-4-11-8-13(3-2-12(11)9-15)16-10-14(17)6-7-19-16/h2-5,8-9,14,16H,6-7,10,17H2,1H3. The van der Waals surface area contributed by atoms with E-state index in [2.05, 4.69) is 24.3 Å². The fourth-order valence-electron chi connectivity index (χ4n) is 2.62. The molecule has 1 saturated heterocycles. The van der Waals surface area contributed by atoms with Crippen molar-refractivity contribution in [1.29, 1.82) is 0 Å². The molecule has 2 aromatic carbocycles. The van der Waals surface area contributed by atoms with Crippen LogP contribution in [0.2, 0.25) is 0 Å². The fraction of sp³-hybridized carbons (Fsp3) is 0.375. The molecule has 0 amide bonds. The predicted molar refractivity (Wildman–Crippen MR) is 76.4 cm³/mol. The summed E-state index contributed by atoms with van der Waals surface area (Å²) in [6.07, 6.45) is 2.00. The summed E-state index contributed by atoms with van der Waals surface area (Å²) in [6, 6.07) is 12.8. The minimum Gasteiger partial charge on any atom is -0.497 e. The van der Waals surface area contributed by atoms with Gasteiger partial charge in [0.2, 0.25) is 0 Å². The lowest BCUT2D eigenvalue weighted by Crippen LogP contribution is -2.30. The van der Waals surface area contributed by atoms with E-state index in [-0.39, 0.29) is 12.1 Å². The summed E-state index contributed by atoms with van der Waals surface area (Å²) < 4.78 is 11.1. The summed E-state index contributed by atoms with van der Waals surface area (Å²) in [4.78, 5) is 0. The SMILES string of the molecule is COc1ccc2cc(C3CC(N)CCO3)ccc2c1. The van der Waals surface area contributed by atoms with Gasteiger partial charge < -0.3 is 15.2 Å². The van der Waals surface area contributed by atoms with Gasteiger partial charge in [0.05, 0.1) is 13.2 Å². The topological polar surface area (TPSA) is 44.5 Å². The second-order valence-corrected chi connectivity index (χ2v) is 5.12. The summed E-state index contributed by atoms with van der Waals surface area (Å²) in [6.45, 7) is 0.756. The Hall–Kier alpha value is -1.58. The Morgan fingerprint density at radius 1 is 1.16 bits per heavy atom. The van der Waals surface area contributed by atoms with Crippen LogP contribution in [0.1, 0.15) is 24.5 Å². The van der Waals surface area contributed by atoms with Gasteiger partial charge in [-0.1, -0.05) is 18.2 Å². The molecule has 2 N–H and O–H groups in total. The first-order valence-electron chi connectivity index (χ1n) is 6.71. The first-order valence-corrected chi connectivity index (χ1v) is 6.71. The smallest absolute Gasteiger partial charge is 0.119 e. The maximum Gasteiger partial charge on any atom is 0.119 e. The molecule has 1 fully saturated rings. The summed E-state index contributed by atoms with van der Waals surface area (Å²) in [5.41, 5.74) is 7.23. The van der Waals surface area contributed by atoms with Gasteiger partial charge in [0, 0.05) is 12.6 Å². The number of methoxy groups -OCH3 is 1. The van der Waals surface area contributed by atoms with E-state index in [9.17, 15) is 0 Å². The zero-order chi connectivity index (χ0) is 13.2. The van der Waals surface area contributed by atoms with Gasteiger partial charge in [-0.05, 0) is 47.4 Å². The number of rotatable bonds is 2. The summed E-state index contributed by atoms with van der Waals surface area (Å²) in [5.74, 6) is 0.885. The molecule has 0 spiro atoms. The minimum atomic E-state index is 0.134. The van der Waals surface area contributed by atoms with Crippen LogP contribution in [-0.2, 0) is 4.74 Å². The molecule has 3 nitrogen and oxygen atoms in total. The van der Waals surface area contributed by atoms with Crippen LogP contribution in [0.4, 0.5) is 0 Å². The molecule has 0 aromatic heterocycles. The molecule has 1 aliphatic heterocycles. The molecule has 100 valence electrons. The second-order valence-electron chi connectivity index (χ2n) is 5.12. The van der Waals surface area contributed by atoms with Crippen molar-refractivity contribution in [2.45, 2.75) is 25.0 Å². The average Bonchev–Trinajstić information content (AvgIpc) is 2.46. The van der Waals surface area contributed by atoms with Crippen LogP contribution < -0.4 is 10.5 Å². The molecule has 1 aliphatic rings. The average molecular weight is 257 g/mol. The highest BCUT2D eigenvalue weighted by Gasteiger charge is 2.21. The van der Waals surface area contributed by atoms with Crippen molar-refractivity contribution in [1.82, 2.24) is 0 Å². The number of fused-ring (bicyclic) bond motifs is 1. The maximum atomic E-state index is 6.02. The third-order valence-electron chi connectivity index (χ3n) is 3.77. The van der Waals surface area contributed by atoms with E-state index in [1.165, 1.54) is 16.3 Å². The van der Waals surface area contributed by atoms with E-state index in [0.717, 1.165) is 25.2 Å². The lowest BCUT2D eigenvalue weighted by Gasteiger charge is -2.27. The van der Waals surface area contributed by atoms with Gasteiger partial charge in [0.25, 0.3) is 0 Å². The molecule has 0 aliphatic carbocycles. The Morgan fingerprint density at radius 2 is 1.95 bits per heavy atom. The van der Waals surface area contributed by atoms with E-state index in [1.54, 1.807) is 7.11 Å². The maximum absolute atomic E-state index is 6.02. The van der Waals surface area contributed by atoms with Crippen LogP contribution >= 0.6 is 0 Å². The number of benzene rings is 2. The van der Waals surface area contributed by atoms with Crippen molar-refractivity contribution in [3.63, 3.8) is 0 Å². The van der Waals surface area contributed by atoms with Crippen molar-refractivity contribution < 1.29 is 9.47 Å². The lowest BCUT2D eigenvalue weighted by molar-refractivity contribution is 0.00675. The van der Waals surface area contributed by atoms with Gasteiger partial charge in [0.15, 0.2) is 0 Å². The highest BCUT2D eigenvalue weighted by molar-refractivity contribution is 5.84. The zero-order valence-corrected chi connectivity index (χ0v) is 11.1. The first-order chi connectivity index (χ1) is 9.26. The summed E-state index contributed by atoms with van der Waals surface area (Å²) in [5, 5.41) is 2.39. The van der Waals surface area contributed by atoms with E-state index in [4.69, 9.17) is 15.2 Å². The Morgan fingerprint density at radius 3 is 2.74 bits per heavy atom. The van der Waals surface area contributed by atoms with Crippen LogP contribution in [0.5, 0.6) is 5.75 Å². The van der Waals surface area contributed by atoms with E-state index in [0.29, 0.717) is 0 Å². The lowest BCUT2D eigenvalue weighted by atomic mass is 9.96. The van der Waals surface area contributed by atoms with Gasteiger partial charge in [0.1, 0.15) is 5.75 Å². The van der Waals surface area contributed by atoms with Crippen LogP contribution in [0, 0.1) is 0 Å².